The van der Waals surface area contributed by atoms with Crippen LogP contribution in [0.2, 0.25) is 0 Å². The number of ether oxygens (including phenoxy) is 1. The Hall–Kier alpha value is 0.793. The first-order chi connectivity index (χ1) is 5.29. The van der Waals surface area contributed by atoms with Crippen molar-refractivity contribution >= 4 is 0 Å². The number of nitrogens with zero attached hydrogens (tertiary/aromatic N) is 2. The molecule has 74 valence electrons. The molecule has 1 heterocycles. The van der Waals surface area contributed by atoms with Gasteiger partial charge in [0.2, 0.25) is 0 Å². The molecule has 1 fully saturated rings. The van der Waals surface area contributed by atoms with Crippen molar-refractivity contribution in [2.24, 2.45) is 0 Å². The zero-order chi connectivity index (χ0) is 8.10. The van der Waals surface area contributed by atoms with Gasteiger partial charge in [-0.15, -0.1) is 0 Å². The third-order valence-corrected chi connectivity index (χ3v) is 1.97. The molecule has 0 aliphatic carbocycles. The second-order valence-electron chi connectivity index (χ2n) is 3.26. The van der Waals surface area contributed by atoms with Crippen molar-refractivity contribution < 1.29 is 36.6 Å². The molecule has 0 saturated carbocycles. The maximum absolute atomic E-state index is 5.25. The molecule has 1 aliphatic heterocycles. The molecular formula is C8H18ClN2OZn+. The fraction of sp³-hybridized carbons (Fsp3) is 1.00. The Morgan fingerprint density at radius 1 is 1.23 bits per heavy atom. The van der Waals surface area contributed by atoms with Gasteiger partial charge in [0.1, 0.15) is 0 Å². The van der Waals surface area contributed by atoms with Gasteiger partial charge in [-0.25, -0.2) is 0 Å². The van der Waals surface area contributed by atoms with Gasteiger partial charge in [0, 0.05) is 26.2 Å². The van der Waals surface area contributed by atoms with Gasteiger partial charge >= 0.3 is 19.5 Å². The van der Waals surface area contributed by atoms with Crippen molar-refractivity contribution in [3.8, 4) is 0 Å². The zero-order valence-corrected chi connectivity index (χ0v) is 12.4. The molecule has 1 aliphatic rings. The Morgan fingerprint density at radius 2 is 1.77 bits per heavy atom. The standard InChI is InChI=1S/C8H18N2O.ClH.Zn/c1-9(2)3-4-10-5-7-11-8-6-10;;/h3-8H2,1-2H3;1H;/q;;+2/p-1. The zero-order valence-electron chi connectivity index (χ0n) is 8.63. The summed E-state index contributed by atoms with van der Waals surface area (Å²) in [4.78, 5) is 4.67. The smallest absolute Gasteiger partial charge is 1.00 e. The first kappa shape index (κ1) is 16.2. The third-order valence-electron chi connectivity index (χ3n) is 1.97. The van der Waals surface area contributed by atoms with Gasteiger partial charge < -0.3 is 22.0 Å². The first-order valence-electron chi connectivity index (χ1n) is 4.24. The van der Waals surface area contributed by atoms with Crippen LogP contribution in [-0.4, -0.2) is 63.3 Å². The second kappa shape index (κ2) is 9.35. The summed E-state index contributed by atoms with van der Waals surface area (Å²) in [7, 11) is 4.22. The van der Waals surface area contributed by atoms with E-state index in [0.29, 0.717) is 0 Å². The van der Waals surface area contributed by atoms with Gasteiger partial charge in [-0.05, 0) is 14.1 Å². The van der Waals surface area contributed by atoms with Crippen LogP contribution in [0.5, 0.6) is 0 Å². The first-order valence-corrected chi connectivity index (χ1v) is 4.24. The summed E-state index contributed by atoms with van der Waals surface area (Å²) in [5.74, 6) is 0. The molecule has 0 atom stereocenters. The van der Waals surface area contributed by atoms with Crippen molar-refractivity contribution in [3.63, 3.8) is 0 Å². The molecule has 0 aromatic heterocycles. The summed E-state index contributed by atoms with van der Waals surface area (Å²) in [6, 6.07) is 0. The molecule has 3 nitrogen and oxygen atoms in total. The fourth-order valence-corrected chi connectivity index (χ4v) is 1.17. The number of likely N-dealkylation sites (N-methyl/N-ethyl adjacent to an activating group) is 1. The molecular weight excluding hydrogens is 241 g/mol. The van der Waals surface area contributed by atoms with Crippen LogP contribution in [0.3, 0.4) is 0 Å². The van der Waals surface area contributed by atoms with Crippen molar-refractivity contribution in [3.05, 3.63) is 0 Å². The molecule has 13 heavy (non-hydrogen) atoms. The Bertz CT molecular complexity index is 110. The van der Waals surface area contributed by atoms with Crippen molar-refractivity contribution in [2.45, 2.75) is 0 Å². The van der Waals surface area contributed by atoms with Gasteiger partial charge in [0.15, 0.2) is 0 Å². The summed E-state index contributed by atoms with van der Waals surface area (Å²) in [5, 5.41) is 0. The summed E-state index contributed by atoms with van der Waals surface area (Å²) in [6.07, 6.45) is 0. The van der Waals surface area contributed by atoms with Crippen molar-refractivity contribution in [1.29, 1.82) is 0 Å². The van der Waals surface area contributed by atoms with E-state index in [0.717, 1.165) is 32.8 Å². The van der Waals surface area contributed by atoms with Crippen LogP contribution in [0.1, 0.15) is 0 Å². The normalized spacial score (nSPS) is 17.8. The molecule has 0 N–H and O–H groups in total. The largest absolute Gasteiger partial charge is 2.00 e. The van der Waals surface area contributed by atoms with E-state index in [-0.39, 0.29) is 31.9 Å². The predicted molar refractivity (Wildman–Crippen MR) is 45.8 cm³/mol. The van der Waals surface area contributed by atoms with Crippen LogP contribution in [-0.2, 0) is 24.2 Å². The Morgan fingerprint density at radius 3 is 2.23 bits per heavy atom. The minimum Gasteiger partial charge on any atom is -1.00 e. The molecule has 0 unspecified atom stereocenters. The van der Waals surface area contributed by atoms with Crippen LogP contribution in [0.4, 0.5) is 0 Å². The maximum Gasteiger partial charge on any atom is 2.00 e. The quantitative estimate of drug-likeness (QED) is 0.499. The summed E-state index contributed by atoms with van der Waals surface area (Å²) < 4.78 is 5.25. The Balaban J connectivity index is 0. The predicted octanol–water partition coefficient (Wildman–Crippen LogP) is -3.12. The number of rotatable bonds is 3. The maximum atomic E-state index is 5.25. The third kappa shape index (κ3) is 7.83. The molecule has 0 radical (unpaired) electrons. The number of hydrogen-bond acceptors (Lipinski definition) is 3. The molecule has 0 aromatic carbocycles. The van der Waals surface area contributed by atoms with Crippen LogP contribution < -0.4 is 12.4 Å². The van der Waals surface area contributed by atoms with Crippen LogP contribution in [0.15, 0.2) is 0 Å². The van der Waals surface area contributed by atoms with Gasteiger partial charge in [0.05, 0.1) is 13.2 Å². The Labute approximate surface area is 100.0 Å². The molecule has 1 rings (SSSR count). The summed E-state index contributed by atoms with van der Waals surface area (Å²) >= 11 is 0. The van der Waals surface area contributed by atoms with E-state index < -0.39 is 0 Å². The fourth-order valence-electron chi connectivity index (χ4n) is 1.17. The van der Waals surface area contributed by atoms with Crippen LogP contribution in [0, 0.1) is 0 Å². The summed E-state index contributed by atoms with van der Waals surface area (Å²) in [6.45, 7) is 6.36. The van der Waals surface area contributed by atoms with E-state index in [1.54, 1.807) is 0 Å². The molecule has 1 saturated heterocycles. The van der Waals surface area contributed by atoms with E-state index in [4.69, 9.17) is 4.74 Å². The summed E-state index contributed by atoms with van der Waals surface area (Å²) in [5.41, 5.74) is 0. The minimum atomic E-state index is 0. The average Bonchev–Trinajstić information content (AvgIpc) is 2.03. The van der Waals surface area contributed by atoms with E-state index in [2.05, 4.69) is 23.9 Å². The van der Waals surface area contributed by atoms with E-state index >= 15 is 0 Å². The van der Waals surface area contributed by atoms with Crippen molar-refractivity contribution in [2.75, 3.05) is 53.5 Å². The van der Waals surface area contributed by atoms with E-state index in [9.17, 15) is 0 Å². The molecule has 0 aromatic rings. The Kier molecular flexibility index (Phi) is 11.7. The topological polar surface area (TPSA) is 15.7 Å². The second-order valence-corrected chi connectivity index (χ2v) is 3.26. The number of morpholine rings is 1. The van der Waals surface area contributed by atoms with Crippen LogP contribution in [0.25, 0.3) is 0 Å². The van der Waals surface area contributed by atoms with Crippen LogP contribution >= 0.6 is 0 Å². The van der Waals surface area contributed by atoms with Gasteiger partial charge in [0.25, 0.3) is 0 Å². The minimum absolute atomic E-state index is 0. The van der Waals surface area contributed by atoms with Crippen molar-refractivity contribution in [1.82, 2.24) is 9.80 Å². The molecule has 0 spiro atoms. The number of halogens is 1. The number of hydrogen-bond donors (Lipinski definition) is 0. The monoisotopic (exact) mass is 257 g/mol. The molecule has 5 heteroatoms. The molecule has 0 bridgehead atoms. The van der Waals surface area contributed by atoms with Gasteiger partial charge in [-0.3, -0.25) is 4.90 Å². The SMILES string of the molecule is CN(C)CCN1CCOCC1.[Cl-].[Zn+2]. The van der Waals surface area contributed by atoms with E-state index in [1.807, 2.05) is 0 Å². The van der Waals surface area contributed by atoms with Gasteiger partial charge in [-0.2, -0.15) is 0 Å². The average molecular weight is 259 g/mol. The van der Waals surface area contributed by atoms with E-state index in [1.165, 1.54) is 6.54 Å². The molecule has 0 amide bonds. The van der Waals surface area contributed by atoms with Gasteiger partial charge in [-0.1, -0.05) is 0 Å².